The second-order valence-corrected chi connectivity index (χ2v) is 11.3. The van der Waals surface area contributed by atoms with Crippen molar-refractivity contribution in [2.45, 2.75) is 38.0 Å². The number of amides is 2. The second-order valence-electron chi connectivity index (χ2n) is 9.32. The molecule has 2 aliphatic heterocycles. The monoisotopic (exact) mass is 459 g/mol. The van der Waals surface area contributed by atoms with Crippen LogP contribution in [-0.2, 0) is 20.2 Å². The third-order valence-corrected chi connectivity index (χ3v) is 8.09. The summed E-state index contributed by atoms with van der Waals surface area (Å²) in [6, 6.07) is 8.29. The minimum absolute atomic E-state index is 0.0322. The Bertz CT molecular complexity index is 1130. The SMILES string of the molecule is CC(C)C(=O)N1CC(C)(C)c2cc(S(=O)(=O)N3CCN(C(=O)c4ccco4)CC3)ccc21. The van der Waals surface area contributed by atoms with Gasteiger partial charge in [-0.15, -0.1) is 0 Å². The van der Waals surface area contributed by atoms with Crippen molar-refractivity contribution in [2.24, 2.45) is 5.92 Å². The Hall–Kier alpha value is -2.65. The van der Waals surface area contributed by atoms with Gasteiger partial charge in [0, 0.05) is 49.7 Å². The van der Waals surface area contributed by atoms with Crippen molar-refractivity contribution < 1.29 is 22.4 Å². The molecule has 1 aromatic heterocycles. The molecule has 2 amide bonds. The average Bonchev–Trinajstić information content (AvgIpc) is 3.39. The van der Waals surface area contributed by atoms with Crippen LogP contribution in [0, 0.1) is 5.92 Å². The van der Waals surface area contributed by atoms with Crippen molar-refractivity contribution in [1.29, 1.82) is 0 Å². The molecule has 3 heterocycles. The lowest BCUT2D eigenvalue weighted by Crippen LogP contribution is -2.50. The molecule has 32 heavy (non-hydrogen) atoms. The van der Waals surface area contributed by atoms with Gasteiger partial charge < -0.3 is 14.2 Å². The molecule has 172 valence electrons. The summed E-state index contributed by atoms with van der Waals surface area (Å²) in [5, 5.41) is 0. The fourth-order valence-electron chi connectivity index (χ4n) is 4.36. The number of carbonyl (C=O) groups is 2. The van der Waals surface area contributed by atoms with Crippen molar-refractivity contribution in [1.82, 2.24) is 9.21 Å². The highest BCUT2D eigenvalue weighted by atomic mass is 32.2. The van der Waals surface area contributed by atoms with Gasteiger partial charge in [0.2, 0.25) is 15.9 Å². The van der Waals surface area contributed by atoms with Crippen LogP contribution in [0.2, 0.25) is 0 Å². The molecular formula is C23H29N3O5S. The van der Waals surface area contributed by atoms with E-state index in [-0.39, 0.29) is 46.9 Å². The van der Waals surface area contributed by atoms with E-state index in [0.717, 1.165) is 11.3 Å². The van der Waals surface area contributed by atoms with Gasteiger partial charge in [0.15, 0.2) is 5.76 Å². The largest absolute Gasteiger partial charge is 0.459 e. The molecule has 0 atom stereocenters. The first kappa shape index (κ1) is 22.5. The van der Waals surface area contributed by atoms with Crippen LogP contribution in [0.5, 0.6) is 0 Å². The Kier molecular flexibility index (Phi) is 5.67. The smallest absolute Gasteiger partial charge is 0.289 e. The number of rotatable bonds is 4. The van der Waals surface area contributed by atoms with E-state index < -0.39 is 10.0 Å². The summed E-state index contributed by atoms with van der Waals surface area (Å²) in [6.07, 6.45) is 1.44. The molecule has 0 saturated carbocycles. The Morgan fingerprint density at radius 1 is 1.06 bits per heavy atom. The molecule has 0 unspecified atom stereocenters. The van der Waals surface area contributed by atoms with Crippen molar-refractivity contribution >= 4 is 27.5 Å². The van der Waals surface area contributed by atoms with Crippen molar-refractivity contribution in [3.05, 3.63) is 47.9 Å². The maximum absolute atomic E-state index is 13.4. The van der Waals surface area contributed by atoms with Gasteiger partial charge in [-0.2, -0.15) is 4.31 Å². The fraction of sp³-hybridized carbons (Fsp3) is 0.478. The first-order valence-corrected chi connectivity index (χ1v) is 12.3. The number of anilines is 1. The minimum Gasteiger partial charge on any atom is -0.459 e. The second kappa shape index (κ2) is 8.04. The van der Waals surface area contributed by atoms with Crippen LogP contribution in [0.1, 0.15) is 43.8 Å². The molecule has 0 radical (unpaired) electrons. The highest BCUT2D eigenvalue weighted by Crippen LogP contribution is 2.42. The van der Waals surface area contributed by atoms with E-state index in [1.807, 2.05) is 27.7 Å². The zero-order valence-electron chi connectivity index (χ0n) is 18.9. The van der Waals surface area contributed by atoms with Crippen LogP contribution < -0.4 is 4.90 Å². The van der Waals surface area contributed by atoms with Gasteiger partial charge in [-0.1, -0.05) is 27.7 Å². The maximum atomic E-state index is 13.4. The third-order valence-electron chi connectivity index (χ3n) is 6.20. The van der Waals surface area contributed by atoms with E-state index >= 15 is 0 Å². The van der Waals surface area contributed by atoms with Gasteiger partial charge in [-0.3, -0.25) is 9.59 Å². The Labute approximate surface area is 188 Å². The number of hydrogen-bond donors (Lipinski definition) is 0. The Morgan fingerprint density at radius 2 is 1.75 bits per heavy atom. The van der Waals surface area contributed by atoms with E-state index in [1.165, 1.54) is 10.6 Å². The number of carbonyl (C=O) groups excluding carboxylic acids is 2. The molecule has 2 aromatic rings. The van der Waals surface area contributed by atoms with E-state index in [2.05, 4.69) is 0 Å². The van der Waals surface area contributed by atoms with E-state index in [1.54, 1.807) is 40.1 Å². The summed E-state index contributed by atoms with van der Waals surface area (Å²) in [4.78, 5) is 28.7. The van der Waals surface area contributed by atoms with E-state index in [0.29, 0.717) is 19.6 Å². The van der Waals surface area contributed by atoms with Gasteiger partial charge in [0.25, 0.3) is 5.91 Å². The van der Waals surface area contributed by atoms with Crippen molar-refractivity contribution in [3.63, 3.8) is 0 Å². The number of nitrogens with zero attached hydrogens (tertiary/aromatic N) is 3. The highest BCUT2D eigenvalue weighted by Gasteiger charge is 2.40. The van der Waals surface area contributed by atoms with Gasteiger partial charge in [0.05, 0.1) is 11.2 Å². The van der Waals surface area contributed by atoms with Crippen molar-refractivity contribution in [3.8, 4) is 0 Å². The molecule has 1 saturated heterocycles. The lowest BCUT2D eigenvalue weighted by Gasteiger charge is -2.33. The number of sulfonamides is 1. The van der Waals surface area contributed by atoms with Crippen LogP contribution in [-0.4, -0.2) is 62.2 Å². The van der Waals surface area contributed by atoms with Gasteiger partial charge in [-0.25, -0.2) is 8.42 Å². The number of benzene rings is 1. The van der Waals surface area contributed by atoms with Gasteiger partial charge >= 0.3 is 0 Å². The van der Waals surface area contributed by atoms with Crippen LogP contribution in [0.4, 0.5) is 5.69 Å². The first-order chi connectivity index (χ1) is 15.0. The summed E-state index contributed by atoms with van der Waals surface area (Å²) < 4.78 is 33.3. The normalized spacial score (nSPS) is 18.8. The van der Waals surface area contributed by atoms with Crippen LogP contribution in [0.15, 0.2) is 45.9 Å². The Balaban J connectivity index is 1.54. The van der Waals surface area contributed by atoms with Gasteiger partial charge in [-0.05, 0) is 35.9 Å². The van der Waals surface area contributed by atoms with E-state index in [9.17, 15) is 18.0 Å². The molecule has 4 rings (SSSR count). The molecule has 1 fully saturated rings. The summed E-state index contributed by atoms with van der Waals surface area (Å²) in [7, 11) is -3.72. The predicted octanol–water partition coefficient (Wildman–Crippen LogP) is 2.71. The third kappa shape index (κ3) is 3.84. The number of furan rings is 1. The molecule has 2 aliphatic rings. The summed E-state index contributed by atoms with van der Waals surface area (Å²) >= 11 is 0. The lowest BCUT2D eigenvalue weighted by molar-refractivity contribution is -0.121. The molecule has 8 nitrogen and oxygen atoms in total. The topological polar surface area (TPSA) is 91.1 Å². The molecule has 0 aliphatic carbocycles. The number of fused-ring (bicyclic) bond motifs is 1. The molecule has 0 bridgehead atoms. The fourth-order valence-corrected chi connectivity index (χ4v) is 5.81. The van der Waals surface area contributed by atoms with Crippen LogP contribution >= 0.6 is 0 Å². The molecule has 1 aromatic carbocycles. The standard InChI is InChI=1S/C23H29N3O5S/c1-16(2)21(27)26-15-23(3,4)18-14-17(7-8-19(18)26)32(29,30)25-11-9-24(10-12-25)22(28)20-6-5-13-31-20/h5-8,13-14,16H,9-12,15H2,1-4H3. The summed E-state index contributed by atoms with van der Waals surface area (Å²) in [5.74, 6) is -0.0889. The molecule has 0 spiro atoms. The zero-order chi connectivity index (χ0) is 23.3. The number of piperazine rings is 1. The van der Waals surface area contributed by atoms with Crippen LogP contribution in [0.3, 0.4) is 0 Å². The number of hydrogen-bond acceptors (Lipinski definition) is 5. The molecule has 0 N–H and O–H groups in total. The maximum Gasteiger partial charge on any atom is 0.289 e. The Morgan fingerprint density at radius 3 is 2.34 bits per heavy atom. The first-order valence-electron chi connectivity index (χ1n) is 10.8. The molecule has 9 heteroatoms. The predicted molar refractivity (Wildman–Crippen MR) is 120 cm³/mol. The van der Waals surface area contributed by atoms with E-state index in [4.69, 9.17) is 4.42 Å². The van der Waals surface area contributed by atoms with Gasteiger partial charge in [0.1, 0.15) is 0 Å². The summed E-state index contributed by atoms with van der Waals surface area (Å²) in [5.41, 5.74) is 1.29. The van der Waals surface area contributed by atoms with Crippen LogP contribution in [0.25, 0.3) is 0 Å². The zero-order valence-corrected chi connectivity index (χ0v) is 19.7. The average molecular weight is 460 g/mol. The quantitative estimate of drug-likeness (QED) is 0.701. The highest BCUT2D eigenvalue weighted by molar-refractivity contribution is 7.89. The minimum atomic E-state index is -3.72. The summed E-state index contributed by atoms with van der Waals surface area (Å²) in [6.45, 7) is 9.32. The lowest BCUT2D eigenvalue weighted by atomic mass is 9.87. The van der Waals surface area contributed by atoms with Crippen molar-refractivity contribution in [2.75, 3.05) is 37.6 Å². The molecular weight excluding hydrogens is 430 g/mol.